The number of carbonyl (C=O) groups excluding carboxylic acids is 2. The molecule has 1 aliphatic heterocycles. The van der Waals surface area contributed by atoms with E-state index in [-0.39, 0.29) is 17.9 Å². The predicted octanol–water partition coefficient (Wildman–Crippen LogP) is 3.63. The van der Waals surface area contributed by atoms with E-state index in [1.807, 2.05) is 45.0 Å². The van der Waals surface area contributed by atoms with Crippen molar-refractivity contribution in [2.45, 2.75) is 70.2 Å². The van der Waals surface area contributed by atoms with Crippen molar-refractivity contribution in [3.8, 4) is 6.07 Å². The number of piperidine rings is 1. The van der Waals surface area contributed by atoms with Crippen molar-refractivity contribution in [1.29, 1.82) is 5.26 Å². The van der Waals surface area contributed by atoms with Crippen molar-refractivity contribution in [1.82, 2.24) is 10.2 Å². The van der Waals surface area contributed by atoms with Crippen LogP contribution < -0.4 is 5.32 Å². The van der Waals surface area contributed by atoms with E-state index in [0.29, 0.717) is 6.42 Å². The first-order chi connectivity index (χ1) is 13.2. The molecule has 2 fully saturated rings. The van der Waals surface area contributed by atoms with Crippen LogP contribution in [0.1, 0.15) is 45.6 Å². The van der Waals surface area contributed by atoms with E-state index in [9.17, 15) is 14.9 Å². The molecule has 2 amide bonds. The Morgan fingerprint density at radius 1 is 1.32 bits per heavy atom. The van der Waals surface area contributed by atoms with Crippen molar-refractivity contribution < 1.29 is 14.3 Å². The van der Waals surface area contributed by atoms with Crippen LogP contribution in [0.4, 0.5) is 4.79 Å². The highest BCUT2D eigenvalue weighted by Crippen LogP contribution is 2.43. The molecule has 1 N–H and O–H groups in total. The summed E-state index contributed by atoms with van der Waals surface area (Å²) in [5.41, 5.74) is 0.379. The maximum atomic E-state index is 13.0. The average Bonchev–Trinajstić information content (AvgIpc) is 3.22. The van der Waals surface area contributed by atoms with Gasteiger partial charge in [0.25, 0.3) is 0 Å². The molecule has 150 valence electrons. The quantitative estimate of drug-likeness (QED) is 0.647. The lowest BCUT2D eigenvalue weighted by molar-refractivity contribution is -0.128. The lowest BCUT2D eigenvalue weighted by atomic mass is 9.97. The van der Waals surface area contributed by atoms with E-state index in [1.165, 1.54) is 0 Å². The minimum atomic E-state index is -0.632. The second-order valence-corrected chi connectivity index (χ2v) is 9.83. The van der Waals surface area contributed by atoms with Gasteiger partial charge >= 0.3 is 6.09 Å². The minimum absolute atomic E-state index is 0.0485. The largest absolute Gasteiger partial charge is 0.444 e. The molecule has 0 spiro atoms. The molecular weight excluding hydrogens is 469 g/mol. The Morgan fingerprint density at radius 3 is 2.61 bits per heavy atom. The van der Waals surface area contributed by atoms with E-state index in [1.54, 1.807) is 4.90 Å². The maximum absolute atomic E-state index is 13.0. The third-order valence-corrected chi connectivity index (χ3v) is 6.00. The van der Waals surface area contributed by atoms with Gasteiger partial charge in [-0.05, 0) is 86.2 Å². The number of fused-ring (bicyclic) bond motifs is 2. The Hall–Kier alpha value is -1.82. The van der Waals surface area contributed by atoms with E-state index in [2.05, 4.69) is 34.0 Å². The Labute approximate surface area is 179 Å². The van der Waals surface area contributed by atoms with Gasteiger partial charge in [0, 0.05) is 16.0 Å². The second-order valence-electron chi connectivity index (χ2n) is 8.58. The molecule has 3 rings (SSSR count). The molecule has 1 heterocycles. The van der Waals surface area contributed by atoms with Crippen LogP contribution in [0.2, 0.25) is 0 Å². The number of benzene rings is 1. The lowest BCUT2D eigenvalue weighted by Gasteiger charge is -2.35. The van der Waals surface area contributed by atoms with Gasteiger partial charge in [-0.15, -0.1) is 0 Å². The summed E-state index contributed by atoms with van der Waals surface area (Å²) in [6.45, 7) is 5.46. The van der Waals surface area contributed by atoms with Gasteiger partial charge in [-0.25, -0.2) is 4.79 Å². The van der Waals surface area contributed by atoms with Crippen LogP contribution in [0.25, 0.3) is 0 Å². The molecule has 2 bridgehead atoms. The van der Waals surface area contributed by atoms with Crippen molar-refractivity contribution in [3.05, 3.63) is 33.4 Å². The van der Waals surface area contributed by atoms with E-state index in [4.69, 9.17) is 4.74 Å². The number of ether oxygens (including phenoxy) is 1. The first-order valence-electron chi connectivity index (χ1n) is 9.63. The van der Waals surface area contributed by atoms with Crippen LogP contribution in [0.5, 0.6) is 0 Å². The SMILES string of the molecule is CC(C)(C)OC(=O)N1C(C(=O)N[C@H](C#N)Cc2ccc(I)cc2)C2CC[C@@H]1C2. The Kier molecular flexibility index (Phi) is 6.18. The molecule has 1 aliphatic carbocycles. The fourth-order valence-corrected chi connectivity index (χ4v) is 4.50. The summed E-state index contributed by atoms with van der Waals surface area (Å²) in [5, 5.41) is 12.4. The van der Waals surface area contributed by atoms with Gasteiger partial charge in [0.2, 0.25) is 5.91 Å². The number of carbonyl (C=O) groups is 2. The molecule has 0 aromatic heterocycles. The Bertz CT molecular complexity index is 782. The summed E-state index contributed by atoms with van der Waals surface area (Å²) < 4.78 is 6.65. The van der Waals surface area contributed by atoms with Crippen LogP contribution in [0.3, 0.4) is 0 Å². The molecule has 6 nitrogen and oxygen atoms in total. The molecule has 0 radical (unpaired) electrons. The summed E-state index contributed by atoms with van der Waals surface area (Å²) in [6.07, 6.45) is 2.65. The van der Waals surface area contributed by atoms with Crippen molar-refractivity contribution in [2.75, 3.05) is 0 Å². The number of hydrogen-bond donors (Lipinski definition) is 1. The van der Waals surface area contributed by atoms with Crippen LogP contribution >= 0.6 is 22.6 Å². The highest BCUT2D eigenvalue weighted by atomic mass is 127. The number of likely N-dealkylation sites (tertiary alicyclic amines) is 1. The molecular formula is C21H26IN3O3. The topological polar surface area (TPSA) is 82.4 Å². The van der Waals surface area contributed by atoms with Crippen LogP contribution in [-0.4, -0.2) is 40.6 Å². The van der Waals surface area contributed by atoms with Gasteiger partial charge in [0.1, 0.15) is 17.7 Å². The zero-order valence-corrected chi connectivity index (χ0v) is 18.6. The van der Waals surface area contributed by atoms with Gasteiger partial charge in [-0.1, -0.05) is 12.1 Å². The summed E-state index contributed by atoms with van der Waals surface area (Å²) in [6, 6.07) is 8.92. The molecule has 28 heavy (non-hydrogen) atoms. The monoisotopic (exact) mass is 495 g/mol. The Morgan fingerprint density at radius 2 is 2.00 bits per heavy atom. The number of nitrogens with one attached hydrogen (secondary N) is 1. The van der Waals surface area contributed by atoms with Crippen LogP contribution in [0.15, 0.2) is 24.3 Å². The number of hydrogen-bond acceptors (Lipinski definition) is 4. The highest BCUT2D eigenvalue weighted by Gasteiger charge is 2.52. The fourth-order valence-electron chi connectivity index (χ4n) is 4.15. The summed E-state index contributed by atoms with van der Waals surface area (Å²) in [7, 11) is 0. The minimum Gasteiger partial charge on any atom is -0.444 e. The number of nitriles is 1. The number of nitrogens with zero attached hydrogens (tertiary/aromatic N) is 2. The molecule has 4 atom stereocenters. The highest BCUT2D eigenvalue weighted by molar-refractivity contribution is 14.1. The molecule has 1 saturated heterocycles. The third kappa shape index (κ3) is 4.77. The molecule has 1 aromatic rings. The van der Waals surface area contributed by atoms with Crippen molar-refractivity contribution in [3.63, 3.8) is 0 Å². The molecule has 2 aliphatic rings. The normalized spacial score (nSPS) is 24.5. The van der Waals surface area contributed by atoms with Crippen LogP contribution in [-0.2, 0) is 16.0 Å². The van der Waals surface area contributed by atoms with E-state index < -0.39 is 23.8 Å². The summed E-state index contributed by atoms with van der Waals surface area (Å²) in [5.74, 6) is -0.120. The number of amides is 2. The van der Waals surface area contributed by atoms with Crippen molar-refractivity contribution >= 4 is 34.6 Å². The average molecular weight is 495 g/mol. The smallest absolute Gasteiger partial charge is 0.411 e. The lowest BCUT2D eigenvalue weighted by Crippen LogP contribution is -2.55. The van der Waals surface area contributed by atoms with Gasteiger partial charge < -0.3 is 10.1 Å². The molecule has 1 saturated carbocycles. The predicted molar refractivity (Wildman–Crippen MR) is 113 cm³/mol. The van der Waals surface area contributed by atoms with Crippen molar-refractivity contribution in [2.24, 2.45) is 5.92 Å². The Balaban J connectivity index is 1.69. The van der Waals surface area contributed by atoms with Gasteiger partial charge in [-0.3, -0.25) is 9.69 Å². The summed E-state index contributed by atoms with van der Waals surface area (Å²) >= 11 is 2.23. The second kappa shape index (κ2) is 8.27. The zero-order valence-electron chi connectivity index (χ0n) is 16.4. The third-order valence-electron chi connectivity index (χ3n) is 5.28. The summed E-state index contributed by atoms with van der Waals surface area (Å²) in [4.78, 5) is 27.3. The maximum Gasteiger partial charge on any atom is 0.411 e. The molecule has 1 aromatic carbocycles. The molecule has 2 unspecified atom stereocenters. The standard InChI is InChI=1S/C21H26IN3O3/c1-21(2,3)28-20(27)25-17-9-6-14(11-17)18(25)19(26)24-16(12-23)10-13-4-7-15(22)8-5-13/h4-5,7-8,14,16-18H,6,9-11H2,1-3H3,(H,24,26)/t14?,16-,17+,18?/m0/s1. The number of halogens is 1. The van der Waals surface area contributed by atoms with Gasteiger partial charge in [0.15, 0.2) is 0 Å². The first-order valence-corrected chi connectivity index (χ1v) is 10.7. The van der Waals surface area contributed by atoms with E-state index in [0.717, 1.165) is 28.4 Å². The van der Waals surface area contributed by atoms with E-state index >= 15 is 0 Å². The first kappa shape index (κ1) is 20.9. The fraction of sp³-hybridized carbons (Fsp3) is 0.571. The van der Waals surface area contributed by atoms with Crippen LogP contribution in [0, 0.1) is 20.8 Å². The zero-order chi connectivity index (χ0) is 20.5. The van der Waals surface area contributed by atoms with Gasteiger partial charge in [-0.2, -0.15) is 5.26 Å². The number of rotatable bonds is 4. The molecule has 7 heteroatoms. The van der Waals surface area contributed by atoms with Gasteiger partial charge in [0.05, 0.1) is 6.07 Å².